The molecule has 3 rings (SSSR count). The number of benzene rings is 1. The van der Waals surface area contributed by atoms with Crippen LogP contribution in [0.25, 0.3) is 0 Å². The monoisotopic (exact) mass is 286 g/mol. The molecule has 0 bridgehead atoms. The number of carbonyl (C=O) groups excluding carboxylic acids is 1. The van der Waals surface area contributed by atoms with Gasteiger partial charge in [-0.3, -0.25) is 4.79 Å². The van der Waals surface area contributed by atoms with Crippen LogP contribution in [0.1, 0.15) is 56.1 Å². The van der Waals surface area contributed by atoms with Gasteiger partial charge in [0, 0.05) is 25.2 Å². The van der Waals surface area contributed by atoms with Gasteiger partial charge in [-0.1, -0.05) is 38.2 Å². The second kappa shape index (κ2) is 6.50. The molecule has 3 heteroatoms. The SMILES string of the molecule is Nc1ccc2c(c1)CN(C(=O)CCC1CCCCC1)CC2. The maximum atomic E-state index is 12.4. The molecule has 1 aromatic rings. The van der Waals surface area contributed by atoms with Crippen LogP contribution in [0, 0.1) is 5.92 Å². The third kappa shape index (κ3) is 3.58. The van der Waals surface area contributed by atoms with Crippen molar-refractivity contribution in [3.05, 3.63) is 29.3 Å². The third-order valence-corrected chi connectivity index (χ3v) is 5.09. The van der Waals surface area contributed by atoms with Crippen molar-refractivity contribution in [1.29, 1.82) is 0 Å². The molecule has 21 heavy (non-hydrogen) atoms. The van der Waals surface area contributed by atoms with Gasteiger partial charge in [-0.05, 0) is 42.0 Å². The molecule has 0 spiro atoms. The number of hydrogen-bond acceptors (Lipinski definition) is 2. The average molecular weight is 286 g/mol. The van der Waals surface area contributed by atoms with E-state index in [-0.39, 0.29) is 0 Å². The van der Waals surface area contributed by atoms with Gasteiger partial charge >= 0.3 is 0 Å². The van der Waals surface area contributed by atoms with Gasteiger partial charge in [0.25, 0.3) is 0 Å². The summed E-state index contributed by atoms with van der Waals surface area (Å²) >= 11 is 0. The van der Waals surface area contributed by atoms with Crippen molar-refractivity contribution < 1.29 is 4.79 Å². The smallest absolute Gasteiger partial charge is 0.222 e. The summed E-state index contributed by atoms with van der Waals surface area (Å²) in [5.41, 5.74) is 9.23. The van der Waals surface area contributed by atoms with E-state index in [0.717, 1.165) is 44.0 Å². The standard InChI is InChI=1S/C18H26N2O/c19-17-8-7-15-10-11-20(13-16(15)12-17)18(21)9-6-14-4-2-1-3-5-14/h7-8,12,14H,1-6,9-11,13,19H2. The van der Waals surface area contributed by atoms with E-state index in [4.69, 9.17) is 5.73 Å². The van der Waals surface area contributed by atoms with E-state index >= 15 is 0 Å². The van der Waals surface area contributed by atoms with Gasteiger partial charge in [-0.2, -0.15) is 0 Å². The highest BCUT2D eigenvalue weighted by atomic mass is 16.2. The number of anilines is 1. The predicted molar refractivity (Wildman–Crippen MR) is 85.8 cm³/mol. The van der Waals surface area contributed by atoms with Crippen molar-refractivity contribution >= 4 is 11.6 Å². The van der Waals surface area contributed by atoms with Crippen molar-refractivity contribution in [3.63, 3.8) is 0 Å². The van der Waals surface area contributed by atoms with Crippen LogP contribution in [0.3, 0.4) is 0 Å². The lowest BCUT2D eigenvalue weighted by Crippen LogP contribution is -2.36. The number of hydrogen-bond donors (Lipinski definition) is 1. The fraction of sp³-hybridized carbons (Fsp3) is 0.611. The molecule has 0 unspecified atom stereocenters. The fourth-order valence-electron chi connectivity index (χ4n) is 3.75. The van der Waals surface area contributed by atoms with Crippen LogP contribution in [0.5, 0.6) is 0 Å². The van der Waals surface area contributed by atoms with Gasteiger partial charge in [0.05, 0.1) is 0 Å². The van der Waals surface area contributed by atoms with Crippen molar-refractivity contribution in [3.8, 4) is 0 Å². The summed E-state index contributed by atoms with van der Waals surface area (Å²) in [5.74, 6) is 1.11. The molecule has 1 aliphatic heterocycles. The molecule has 2 aliphatic rings. The van der Waals surface area contributed by atoms with E-state index in [9.17, 15) is 4.79 Å². The molecular weight excluding hydrogens is 260 g/mol. The molecule has 1 aromatic carbocycles. The van der Waals surface area contributed by atoms with Crippen molar-refractivity contribution in [2.45, 2.75) is 57.9 Å². The molecular formula is C18H26N2O. The van der Waals surface area contributed by atoms with Gasteiger partial charge in [0.2, 0.25) is 5.91 Å². The van der Waals surface area contributed by atoms with Gasteiger partial charge in [-0.15, -0.1) is 0 Å². The summed E-state index contributed by atoms with van der Waals surface area (Å²) < 4.78 is 0. The second-order valence-corrected chi connectivity index (χ2v) is 6.64. The normalized spacial score (nSPS) is 19.3. The summed E-state index contributed by atoms with van der Waals surface area (Å²) in [5, 5.41) is 0. The number of nitrogen functional groups attached to an aromatic ring is 1. The minimum Gasteiger partial charge on any atom is -0.399 e. The molecule has 0 aromatic heterocycles. The van der Waals surface area contributed by atoms with Gasteiger partial charge in [0.1, 0.15) is 0 Å². The largest absolute Gasteiger partial charge is 0.399 e. The molecule has 1 heterocycles. The molecule has 1 amide bonds. The van der Waals surface area contributed by atoms with Crippen molar-refractivity contribution in [2.75, 3.05) is 12.3 Å². The Morgan fingerprint density at radius 2 is 2.00 bits per heavy atom. The highest BCUT2D eigenvalue weighted by Crippen LogP contribution is 2.28. The lowest BCUT2D eigenvalue weighted by molar-refractivity contribution is -0.132. The molecule has 1 aliphatic carbocycles. The maximum absolute atomic E-state index is 12.4. The van der Waals surface area contributed by atoms with Crippen LogP contribution < -0.4 is 5.73 Å². The molecule has 114 valence electrons. The first kappa shape index (κ1) is 14.4. The predicted octanol–water partition coefficient (Wildman–Crippen LogP) is 3.51. The van der Waals surface area contributed by atoms with Gasteiger partial charge in [0.15, 0.2) is 0 Å². The first-order valence-corrected chi connectivity index (χ1v) is 8.37. The number of rotatable bonds is 3. The summed E-state index contributed by atoms with van der Waals surface area (Å²) in [7, 11) is 0. The topological polar surface area (TPSA) is 46.3 Å². The zero-order valence-corrected chi connectivity index (χ0v) is 12.8. The van der Waals surface area contributed by atoms with E-state index in [2.05, 4.69) is 6.07 Å². The Labute approximate surface area is 127 Å². The quantitative estimate of drug-likeness (QED) is 0.864. The number of carbonyl (C=O) groups is 1. The molecule has 1 saturated carbocycles. The first-order valence-electron chi connectivity index (χ1n) is 8.37. The van der Waals surface area contributed by atoms with Crippen LogP contribution in [-0.4, -0.2) is 17.4 Å². The lowest BCUT2D eigenvalue weighted by atomic mass is 9.86. The Morgan fingerprint density at radius 3 is 2.81 bits per heavy atom. The number of fused-ring (bicyclic) bond motifs is 1. The Hall–Kier alpha value is -1.51. The van der Waals surface area contributed by atoms with Crippen LogP contribution >= 0.6 is 0 Å². The highest BCUT2D eigenvalue weighted by molar-refractivity contribution is 5.76. The average Bonchev–Trinajstić information content (AvgIpc) is 2.53. The summed E-state index contributed by atoms with van der Waals surface area (Å²) in [6.45, 7) is 1.60. The van der Waals surface area contributed by atoms with Crippen LogP contribution in [0.2, 0.25) is 0 Å². The lowest BCUT2D eigenvalue weighted by Gasteiger charge is -2.30. The first-order chi connectivity index (χ1) is 10.2. The molecule has 2 N–H and O–H groups in total. The minimum absolute atomic E-state index is 0.327. The van der Waals surface area contributed by atoms with Crippen molar-refractivity contribution in [2.24, 2.45) is 5.92 Å². The van der Waals surface area contributed by atoms with Crippen LogP contribution in [0.15, 0.2) is 18.2 Å². The Balaban J connectivity index is 1.54. The van der Waals surface area contributed by atoms with E-state index in [0.29, 0.717) is 5.91 Å². The van der Waals surface area contributed by atoms with Gasteiger partial charge in [-0.25, -0.2) is 0 Å². The van der Waals surface area contributed by atoms with Gasteiger partial charge < -0.3 is 10.6 Å². The molecule has 3 nitrogen and oxygen atoms in total. The van der Waals surface area contributed by atoms with Crippen LogP contribution in [0.4, 0.5) is 5.69 Å². The highest BCUT2D eigenvalue weighted by Gasteiger charge is 2.22. The number of amides is 1. The Kier molecular flexibility index (Phi) is 4.47. The minimum atomic E-state index is 0.327. The summed E-state index contributed by atoms with van der Waals surface area (Å²) in [6.07, 6.45) is 9.52. The fourth-order valence-corrected chi connectivity index (χ4v) is 3.75. The molecule has 0 radical (unpaired) electrons. The zero-order valence-electron chi connectivity index (χ0n) is 12.8. The van der Waals surface area contributed by atoms with E-state index in [1.807, 2.05) is 17.0 Å². The summed E-state index contributed by atoms with van der Waals surface area (Å²) in [6, 6.07) is 6.09. The molecule has 1 fully saturated rings. The molecule has 0 saturated heterocycles. The zero-order chi connectivity index (χ0) is 14.7. The van der Waals surface area contributed by atoms with E-state index < -0.39 is 0 Å². The Bertz CT molecular complexity index is 506. The third-order valence-electron chi connectivity index (χ3n) is 5.09. The maximum Gasteiger partial charge on any atom is 0.222 e. The second-order valence-electron chi connectivity index (χ2n) is 6.64. The van der Waals surface area contributed by atoms with Crippen molar-refractivity contribution in [1.82, 2.24) is 4.90 Å². The number of nitrogens with zero attached hydrogens (tertiary/aromatic N) is 1. The van der Waals surface area contributed by atoms with E-state index in [1.165, 1.54) is 43.2 Å². The summed E-state index contributed by atoms with van der Waals surface area (Å²) in [4.78, 5) is 14.4. The number of nitrogens with two attached hydrogens (primary N) is 1. The molecule has 0 atom stereocenters. The Morgan fingerprint density at radius 1 is 1.19 bits per heavy atom. The van der Waals surface area contributed by atoms with E-state index in [1.54, 1.807) is 0 Å². The van der Waals surface area contributed by atoms with Crippen LogP contribution in [-0.2, 0) is 17.8 Å².